The molecule has 0 aliphatic rings. The molecule has 51 heavy (non-hydrogen) atoms. The average molecular weight is 661 g/mol. The molecular formula is C46H36N4O. The number of aromatic nitrogens is 2. The van der Waals surface area contributed by atoms with Crippen molar-refractivity contribution in [2.45, 2.75) is 6.92 Å². The fraction of sp³-hybridized carbons (Fsp3) is 0.0870. The number of fused-ring (bicyclic) bond motifs is 9. The molecule has 10 rings (SSSR count). The molecule has 0 unspecified atom stereocenters. The predicted molar refractivity (Wildman–Crippen MR) is 216 cm³/mol. The Morgan fingerprint density at radius 1 is 0.412 bits per heavy atom. The van der Waals surface area contributed by atoms with Crippen LogP contribution in [0.2, 0.25) is 0 Å². The van der Waals surface area contributed by atoms with Crippen LogP contribution in [0.3, 0.4) is 0 Å². The fourth-order valence-electron chi connectivity index (χ4n) is 8.07. The zero-order chi connectivity index (χ0) is 34.4. The molecule has 3 aromatic heterocycles. The molecule has 0 amide bonds. The molecule has 0 aliphatic heterocycles. The summed E-state index contributed by atoms with van der Waals surface area (Å²) < 4.78 is 10.7. The third-order valence-electron chi connectivity index (χ3n) is 10.8. The summed E-state index contributed by atoms with van der Waals surface area (Å²) in [5.74, 6) is 0. The summed E-state index contributed by atoms with van der Waals surface area (Å²) in [7, 11) is 6.49. The lowest BCUT2D eigenvalue weighted by atomic mass is 10.1. The molecule has 0 spiro atoms. The number of furan rings is 1. The van der Waals surface area contributed by atoms with Gasteiger partial charge in [-0.3, -0.25) is 0 Å². The molecule has 7 aromatic carbocycles. The van der Waals surface area contributed by atoms with E-state index in [1.807, 2.05) is 12.1 Å². The van der Waals surface area contributed by atoms with E-state index in [4.69, 9.17) is 4.42 Å². The molecule has 0 radical (unpaired) electrons. The minimum Gasteiger partial charge on any atom is -0.456 e. The summed E-state index contributed by atoms with van der Waals surface area (Å²) in [4.78, 5) is 4.62. The van der Waals surface area contributed by atoms with E-state index in [-0.39, 0.29) is 0 Å². The van der Waals surface area contributed by atoms with E-state index in [1.165, 1.54) is 49.2 Å². The molecule has 0 atom stereocenters. The van der Waals surface area contributed by atoms with Gasteiger partial charge in [0.15, 0.2) is 0 Å². The summed E-state index contributed by atoms with van der Waals surface area (Å²) in [6.45, 7) is 2.16. The molecule has 3 heterocycles. The molecule has 5 heteroatoms. The standard InChI is InChI=1S/C46H36N4O/c1-29-14-19-35-37-21-16-33(27-43(37)48(3)41(35)24-29)50(30-10-6-5-7-11-30)34-17-22-38-36-20-15-32(26-42(36)49(4)44(38)28-34)47(2)31-18-23-46-40(25-31)39-12-8-9-13-45(39)51-46/h5-28H,1-4H3. The van der Waals surface area contributed by atoms with E-state index in [0.717, 1.165) is 50.4 Å². The number of anilines is 5. The summed E-state index contributed by atoms with van der Waals surface area (Å²) in [5.41, 5.74) is 13.6. The zero-order valence-corrected chi connectivity index (χ0v) is 29.1. The van der Waals surface area contributed by atoms with Gasteiger partial charge in [0.25, 0.3) is 0 Å². The van der Waals surface area contributed by atoms with Crippen molar-refractivity contribution < 1.29 is 4.42 Å². The van der Waals surface area contributed by atoms with Crippen LogP contribution in [-0.2, 0) is 14.1 Å². The van der Waals surface area contributed by atoms with Gasteiger partial charge in [-0.2, -0.15) is 0 Å². The van der Waals surface area contributed by atoms with Gasteiger partial charge in [-0.25, -0.2) is 0 Å². The zero-order valence-electron chi connectivity index (χ0n) is 29.1. The third-order valence-corrected chi connectivity index (χ3v) is 10.8. The Bertz CT molecular complexity index is 2980. The summed E-state index contributed by atoms with van der Waals surface area (Å²) in [6.07, 6.45) is 0. The predicted octanol–water partition coefficient (Wildman–Crippen LogP) is 12.4. The van der Waals surface area contributed by atoms with E-state index in [9.17, 15) is 0 Å². The van der Waals surface area contributed by atoms with Gasteiger partial charge in [-0.15, -0.1) is 0 Å². The molecule has 0 N–H and O–H groups in total. The minimum absolute atomic E-state index is 0.907. The van der Waals surface area contributed by atoms with Gasteiger partial charge in [-0.05, 0) is 91.3 Å². The van der Waals surface area contributed by atoms with Gasteiger partial charge < -0.3 is 23.4 Å². The lowest BCUT2D eigenvalue weighted by Crippen LogP contribution is -2.10. The van der Waals surface area contributed by atoms with Crippen LogP contribution in [0.1, 0.15) is 5.56 Å². The van der Waals surface area contributed by atoms with Crippen LogP contribution in [0.15, 0.2) is 150 Å². The van der Waals surface area contributed by atoms with Crippen LogP contribution in [-0.4, -0.2) is 16.2 Å². The average Bonchev–Trinajstić information content (AvgIpc) is 3.78. The van der Waals surface area contributed by atoms with Crippen LogP contribution in [0.4, 0.5) is 28.4 Å². The van der Waals surface area contributed by atoms with Crippen molar-refractivity contribution in [2.75, 3.05) is 16.8 Å². The maximum absolute atomic E-state index is 6.10. The number of aryl methyl sites for hydroxylation is 3. The molecule has 0 bridgehead atoms. The number of benzene rings is 7. The Morgan fingerprint density at radius 3 is 1.57 bits per heavy atom. The number of hydrogen-bond donors (Lipinski definition) is 0. The second kappa shape index (κ2) is 11.0. The van der Waals surface area contributed by atoms with Crippen LogP contribution in [0.25, 0.3) is 65.6 Å². The van der Waals surface area contributed by atoms with Crippen molar-refractivity contribution in [3.8, 4) is 0 Å². The van der Waals surface area contributed by atoms with Crippen molar-refractivity contribution in [2.24, 2.45) is 14.1 Å². The SMILES string of the molecule is Cc1ccc2c3ccc(N(c4ccccc4)c4ccc5c6ccc(N(C)c7ccc8oc9ccccc9c8c7)cc6n(C)c5c4)cc3n(C)c2c1. The number of para-hydroxylation sites is 2. The quantitative estimate of drug-likeness (QED) is 0.184. The topological polar surface area (TPSA) is 29.5 Å². The van der Waals surface area contributed by atoms with E-state index < -0.39 is 0 Å². The monoisotopic (exact) mass is 660 g/mol. The van der Waals surface area contributed by atoms with E-state index in [2.05, 4.69) is 180 Å². The van der Waals surface area contributed by atoms with Crippen LogP contribution < -0.4 is 9.80 Å². The van der Waals surface area contributed by atoms with Gasteiger partial charge >= 0.3 is 0 Å². The van der Waals surface area contributed by atoms with E-state index in [1.54, 1.807) is 0 Å². The third kappa shape index (κ3) is 4.48. The van der Waals surface area contributed by atoms with Gasteiger partial charge in [0.2, 0.25) is 0 Å². The first kappa shape index (κ1) is 29.5. The molecule has 0 saturated heterocycles. The van der Waals surface area contributed by atoms with Crippen molar-refractivity contribution in [1.29, 1.82) is 0 Å². The Morgan fingerprint density at radius 2 is 0.902 bits per heavy atom. The Kier molecular flexibility index (Phi) is 6.37. The van der Waals surface area contributed by atoms with Crippen molar-refractivity contribution in [3.05, 3.63) is 151 Å². The number of rotatable bonds is 5. The number of nitrogens with zero attached hydrogens (tertiary/aromatic N) is 4. The first-order valence-electron chi connectivity index (χ1n) is 17.4. The van der Waals surface area contributed by atoms with E-state index in [0.29, 0.717) is 0 Å². The van der Waals surface area contributed by atoms with Gasteiger partial charge in [0.1, 0.15) is 11.2 Å². The molecule has 10 aromatic rings. The van der Waals surface area contributed by atoms with Crippen molar-refractivity contribution >= 4 is 94.0 Å². The van der Waals surface area contributed by atoms with Gasteiger partial charge in [0.05, 0.1) is 16.6 Å². The molecule has 246 valence electrons. The molecular weight excluding hydrogens is 625 g/mol. The first-order valence-corrected chi connectivity index (χ1v) is 17.4. The summed E-state index contributed by atoms with van der Waals surface area (Å²) in [5, 5.41) is 7.31. The molecule has 5 nitrogen and oxygen atoms in total. The highest BCUT2D eigenvalue weighted by Gasteiger charge is 2.19. The lowest BCUT2D eigenvalue weighted by Gasteiger charge is -2.26. The Labute approximate surface area is 295 Å². The maximum atomic E-state index is 6.10. The van der Waals surface area contributed by atoms with Gasteiger partial charge in [-0.1, -0.05) is 66.7 Å². The first-order chi connectivity index (χ1) is 24.9. The molecule has 0 aliphatic carbocycles. The second-order valence-electron chi connectivity index (χ2n) is 13.8. The highest BCUT2D eigenvalue weighted by Crippen LogP contribution is 2.41. The van der Waals surface area contributed by atoms with Crippen LogP contribution in [0.5, 0.6) is 0 Å². The van der Waals surface area contributed by atoms with E-state index >= 15 is 0 Å². The number of hydrogen-bond acceptors (Lipinski definition) is 3. The summed E-state index contributed by atoms with van der Waals surface area (Å²) in [6, 6.07) is 52.6. The second-order valence-corrected chi connectivity index (χ2v) is 13.8. The summed E-state index contributed by atoms with van der Waals surface area (Å²) >= 11 is 0. The Balaban J connectivity index is 1.08. The van der Waals surface area contributed by atoms with Crippen molar-refractivity contribution in [3.63, 3.8) is 0 Å². The normalized spacial score (nSPS) is 11.9. The largest absolute Gasteiger partial charge is 0.456 e. The van der Waals surface area contributed by atoms with Crippen LogP contribution in [0, 0.1) is 6.92 Å². The lowest BCUT2D eigenvalue weighted by molar-refractivity contribution is 0.669. The van der Waals surface area contributed by atoms with Gasteiger partial charge in [0, 0.05) is 87.4 Å². The molecule has 0 saturated carbocycles. The smallest absolute Gasteiger partial charge is 0.135 e. The Hall–Kier alpha value is -6.46. The highest BCUT2D eigenvalue weighted by atomic mass is 16.3. The van der Waals surface area contributed by atoms with Crippen LogP contribution >= 0.6 is 0 Å². The highest BCUT2D eigenvalue weighted by molar-refractivity contribution is 6.12. The fourth-order valence-corrected chi connectivity index (χ4v) is 8.07. The minimum atomic E-state index is 0.907. The maximum Gasteiger partial charge on any atom is 0.135 e. The molecule has 0 fully saturated rings. The van der Waals surface area contributed by atoms with Crippen molar-refractivity contribution in [1.82, 2.24) is 9.13 Å².